The number of aliphatic hydroxyl groups excluding tert-OH is 2. The summed E-state index contributed by atoms with van der Waals surface area (Å²) in [7, 11) is 0. The summed E-state index contributed by atoms with van der Waals surface area (Å²) in [5.41, 5.74) is -0.383. The molecule has 2 heterocycles. The lowest BCUT2D eigenvalue weighted by atomic mass is 10.2. The molecule has 0 spiro atoms. The quantitative estimate of drug-likeness (QED) is 0.510. The number of hydrogen-bond acceptors (Lipinski definition) is 5. The van der Waals surface area contributed by atoms with Crippen molar-refractivity contribution in [2.75, 3.05) is 6.61 Å². The Balaban J connectivity index is 2.34. The van der Waals surface area contributed by atoms with Gasteiger partial charge in [-0.2, -0.15) is 0 Å². The molecule has 1 aromatic rings. The summed E-state index contributed by atoms with van der Waals surface area (Å²) in [5, 5.41) is 18.6. The second kappa shape index (κ2) is 5.14. The minimum absolute atomic E-state index is 0.270. The second-order valence-electron chi connectivity index (χ2n) is 3.76. The summed E-state index contributed by atoms with van der Waals surface area (Å²) in [6, 6.07) is 0. The minimum Gasteiger partial charge on any atom is -0.394 e. The average molecular weight is 370 g/mol. The predicted octanol–water partition coefficient (Wildman–Crippen LogP) is 0.151. The molecule has 8 heteroatoms. The number of halogens is 1. The lowest BCUT2D eigenvalue weighted by molar-refractivity contribution is -0.0459. The minimum atomic E-state index is -0.766. The maximum Gasteiger partial charge on any atom is 0.328 e. The number of aliphatic hydroxyl groups is 2. The van der Waals surface area contributed by atoms with Crippen LogP contribution in [0.15, 0.2) is 11.0 Å². The fraction of sp³-hybridized carbons (Fsp3) is 0.556. The van der Waals surface area contributed by atoms with Gasteiger partial charge >= 0.3 is 5.69 Å². The Bertz CT molecular complexity index is 528. The largest absolute Gasteiger partial charge is 0.394 e. The second-order valence-corrected chi connectivity index (χ2v) is 5.33. The Kier molecular flexibility index (Phi) is 3.98. The number of nitrogens with zero attached hydrogens (tertiary/aromatic N) is 1. The first kappa shape index (κ1) is 13.1. The summed E-state index contributed by atoms with van der Waals surface area (Å²) in [4.78, 5) is 14.2. The van der Waals surface area contributed by atoms with Crippen LogP contribution in [0.4, 0.5) is 0 Å². The molecule has 94 valence electrons. The van der Waals surface area contributed by atoms with Gasteiger partial charge in [-0.3, -0.25) is 9.55 Å². The highest BCUT2D eigenvalue weighted by atomic mass is 127. The molecule has 1 aliphatic rings. The van der Waals surface area contributed by atoms with Crippen molar-refractivity contribution in [3.05, 3.63) is 24.9 Å². The van der Waals surface area contributed by atoms with Crippen molar-refractivity contribution in [1.82, 2.24) is 9.55 Å². The van der Waals surface area contributed by atoms with Gasteiger partial charge in [-0.05, 0) is 22.6 Å². The van der Waals surface area contributed by atoms with E-state index in [1.165, 1.54) is 4.57 Å². The van der Waals surface area contributed by atoms with Crippen LogP contribution in [0.3, 0.4) is 0 Å². The van der Waals surface area contributed by atoms with Crippen molar-refractivity contribution < 1.29 is 14.9 Å². The highest BCUT2D eigenvalue weighted by Gasteiger charge is 2.34. The fourth-order valence-electron chi connectivity index (χ4n) is 1.72. The molecule has 3 N–H and O–H groups in total. The Morgan fingerprint density at radius 3 is 3.00 bits per heavy atom. The van der Waals surface area contributed by atoms with E-state index in [2.05, 4.69) is 4.98 Å². The zero-order valence-corrected chi connectivity index (χ0v) is 11.6. The van der Waals surface area contributed by atoms with Crippen molar-refractivity contribution in [3.8, 4) is 0 Å². The van der Waals surface area contributed by atoms with E-state index in [1.54, 1.807) is 6.20 Å². The number of hydrogen-bond donors (Lipinski definition) is 3. The van der Waals surface area contributed by atoms with Crippen LogP contribution in [-0.2, 0) is 4.74 Å². The van der Waals surface area contributed by atoms with E-state index < -0.39 is 18.4 Å². The van der Waals surface area contributed by atoms with Crippen LogP contribution in [0.1, 0.15) is 12.6 Å². The molecule has 0 saturated carbocycles. The van der Waals surface area contributed by atoms with E-state index in [0.717, 1.165) is 3.57 Å². The number of aromatic amines is 1. The van der Waals surface area contributed by atoms with Crippen molar-refractivity contribution in [2.24, 2.45) is 0 Å². The molecule has 2 rings (SSSR count). The predicted molar refractivity (Wildman–Crippen MR) is 70.2 cm³/mol. The number of aromatic nitrogens is 2. The van der Waals surface area contributed by atoms with E-state index in [0.29, 0.717) is 4.64 Å². The Labute approximate surface area is 115 Å². The summed E-state index contributed by atoms with van der Waals surface area (Å²) in [6.07, 6.45) is -0.134. The molecular formula is C9H11IN2O4S. The van der Waals surface area contributed by atoms with Gasteiger partial charge in [-0.25, -0.2) is 4.79 Å². The third-order valence-corrected chi connectivity index (χ3v) is 4.12. The summed E-state index contributed by atoms with van der Waals surface area (Å²) in [6.45, 7) is -0.271. The molecule has 17 heavy (non-hydrogen) atoms. The van der Waals surface area contributed by atoms with Crippen LogP contribution in [0.25, 0.3) is 0 Å². The summed E-state index contributed by atoms with van der Waals surface area (Å²) in [5.74, 6) is 0. The Hall–Kier alpha value is -0.290. The maximum atomic E-state index is 11.7. The number of rotatable bonds is 2. The Morgan fingerprint density at radius 1 is 1.71 bits per heavy atom. The average Bonchev–Trinajstić information content (AvgIpc) is 2.65. The molecular weight excluding hydrogens is 359 g/mol. The monoisotopic (exact) mass is 370 g/mol. The van der Waals surface area contributed by atoms with E-state index in [1.807, 2.05) is 22.6 Å². The van der Waals surface area contributed by atoms with Gasteiger partial charge in [-0.15, -0.1) is 0 Å². The smallest absolute Gasteiger partial charge is 0.328 e. The lowest BCUT2D eigenvalue weighted by Gasteiger charge is -2.14. The van der Waals surface area contributed by atoms with Crippen LogP contribution in [-0.4, -0.2) is 38.6 Å². The first-order chi connectivity index (χ1) is 8.02. The zero-order chi connectivity index (χ0) is 12.6. The van der Waals surface area contributed by atoms with Crippen molar-refractivity contribution in [3.63, 3.8) is 0 Å². The molecule has 1 saturated heterocycles. The lowest BCUT2D eigenvalue weighted by Crippen LogP contribution is -2.28. The van der Waals surface area contributed by atoms with Crippen molar-refractivity contribution in [2.45, 2.75) is 24.9 Å². The SMILES string of the molecule is O=c1[nH]c(=S)c(I)cn1[C@H]1C[C@H](O)[C@@H](CO)O1. The van der Waals surface area contributed by atoms with E-state index in [4.69, 9.17) is 22.1 Å². The van der Waals surface area contributed by atoms with E-state index >= 15 is 0 Å². The van der Waals surface area contributed by atoms with Crippen LogP contribution >= 0.6 is 34.8 Å². The number of ether oxygens (including phenoxy) is 1. The number of nitrogens with one attached hydrogen (secondary N) is 1. The standard InChI is InChI=1S/C9H11IN2O4S/c10-4-2-12(9(15)11-8(4)17)7-1-5(14)6(3-13)16-7/h2,5-7,13-14H,1,3H2,(H,11,15,17)/t5-,6+,7+/m0/s1. The molecule has 0 unspecified atom stereocenters. The summed E-state index contributed by atoms with van der Waals surface area (Å²) >= 11 is 6.95. The molecule has 1 aliphatic heterocycles. The number of H-pyrrole nitrogens is 1. The third-order valence-electron chi connectivity index (χ3n) is 2.62. The van der Waals surface area contributed by atoms with Gasteiger partial charge < -0.3 is 14.9 Å². The van der Waals surface area contributed by atoms with Gasteiger partial charge in [0.25, 0.3) is 0 Å². The molecule has 0 aliphatic carbocycles. The zero-order valence-electron chi connectivity index (χ0n) is 8.67. The normalized spacial score (nSPS) is 28.5. The fourth-order valence-corrected chi connectivity index (χ4v) is 2.30. The molecule has 1 aromatic heterocycles. The van der Waals surface area contributed by atoms with Crippen molar-refractivity contribution >= 4 is 34.8 Å². The van der Waals surface area contributed by atoms with Crippen LogP contribution in [0.5, 0.6) is 0 Å². The van der Waals surface area contributed by atoms with E-state index in [-0.39, 0.29) is 18.7 Å². The van der Waals surface area contributed by atoms with Gasteiger partial charge in [-0.1, -0.05) is 12.2 Å². The highest BCUT2D eigenvalue weighted by molar-refractivity contribution is 14.1. The van der Waals surface area contributed by atoms with Gasteiger partial charge in [0, 0.05) is 12.6 Å². The maximum absolute atomic E-state index is 11.7. The summed E-state index contributed by atoms with van der Waals surface area (Å²) < 4.78 is 7.84. The molecule has 0 radical (unpaired) electrons. The van der Waals surface area contributed by atoms with Gasteiger partial charge in [0.15, 0.2) is 0 Å². The van der Waals surface area contributed by atoms with Gasteiger partial charge in [0.1, 0.15) is 17.0 Å². The van der Waals surface area contributed by atoms with E-state index in [9.17, 15) is 9.90 Å². The molecule has 0 amide bonds. The molecule has 1 fully saturated rings. The molecule has 0 aromatic carbocycles. The molecule has 6 nitrogen and oxygen atoms in total. The van der Waals surface area contributed by atoms with Crippen molar-refractivity contribution in [1.29, 1.82) is 0 Å². The van der Waals surface area contributed by atoms with Crippen LogP contribution < -0.4 is 5.69 Å². The topological polar surface area (TPSA) is 87.5 Å². The Morgan fingerprint density at radius 2 is 2.41 bits per heavy atom. The highest BCUT2D eigenvalue weighted by Crippen LogP contribution is 2.27. The van der Waals surface area contributed by atoms with Gasteiger partial charge in [0.2, 0.25) is 0 Å². The first-order valence-electron chi connectivity index (χ1n) is 4.98. The molecule has 3 atom stereocenters. The molecule has 0 bridgehead atoms. The van der Waals surface area contributed by atoms with Crippen LogP contribution in [0.2, 0.25) is 0 Å². The van der Waals surface area contributed by atoms with Crippen LogP contribution in [0, 0.1) is 8.21 Å². The first-order valence-corrected chi connectivity index (χ1v) is 6.47. The van der Waals surface area contributed by atoms with Gasteiger partial charge in [0.05, 0.1) is 16.3 Å². The third kappa shape index (κ3) is 2.60.